The van der Waals surface area contributed by atoms with Crippen LogP contribution < -0.4 is 5.32 Å². The summed E-state index contributed by atoms with van der Waals surface area (Å²) >= 11 is 13.6. The number of hydrogen-bond donors (Lipinski definition) is 1. The Balaban J connectivity index is 1.79. The van der Waals surface area contributed by atoms with Crippen molar-refractivity contribution in [1.82, 2.24) is 4.90 Å². The van der Waals surface area contributed by atoms with Crippen molar-refractivity contribution in [3.8, 4) is 0 Å². The highest BCUT2D eigenvalue weighted by Crippen LogP contribution is 2.29. The Morgan fingerprint density at radius 1 is 1.04 bits per heavy atom. The predicted molar refractivity (Wildman–Crippen MR) is 105 cm³/mol. The second kappa shape index (κ2) is 9.70. The molecule has 7 heteroatoms. The number of halogens is 2. The van der Waals surface area contributed by atoms with Crippen molar-refractivity contribution in [2.45, 2.75) is 11.3 Å². The average Bonchev–Trinajstić information content (AvgIpc) is 2.59. The third-order valence-electron chi connectivity index (χ3n) is 3.36. The number of thioether (sulfide) groups is 1. The van der Waals surface area contributed by atoms with E-state index < -0.39 is 0 Å². The molecule has 0 radical (unpaired) electrons. The van der Waals surface area contributed by atoms with Gasteiger partial charge in [0.1, 0.15) is 0 Å². The third kappa shape index (κ3) is 6.27. The molecule has 25 heavy (non-hydrogen) atoms. The summed E-state index contributed by atoms with van der Waals surface area (Å²) in [5.74, 6) is 0.218. The minimum Gasteiger partial charge on any atom is -0.336 e. The van der Waals surface area contributed by atoms with Crippen molar-refractivity contribution in [2.24, 2.45) is 0 Å². The van der Waals surface area contributed by atoms with E-state index in [1.807, 2.05) is 30.3 Å². The van der Waals surface area contributed by atoms with E-state index in [2.05, 4.69) is 5.32 Å². The summed E-state index contributed by atoms with van der Waals surface area (Å²) < 4.78 is 0. The molecule has 2 aromatic rings. The molecular weight excluding hydrogens is 379 g/mol. The van der Waals surface area contributed by atoms with Gasteiger partial charge in [0.25, 0.3) is 0 Å². The molecule has 0 bridgehead atoms. The van der Waals surface area contributed by atoms with E-state index in [1.165, 1.54) is 4.90 Å². The Labute approximate surface area is 161 Å². The van der Waals surface area contributed by atoms with E-state index in [-0.39, 0.29) is 18.4 Å². The molecule has 2 amide bonds. The van der Waals surface area contributed by atoms with Gasteiger partial charge in [-0.3, -0.25) is 9.59 Å². The first-order valence-corrected chi connectivity index (χ1v) is 9.37. The molecule has 0 aliphatic rings. The van der Waals surface area contributed by atoms with Gasteiger partial charge in [0.2, 0.25) is 11.8 Å². The fraction of sp³-hybridized carbons (Fsp3) is 0.222. The molecular formula is C18H18Cl2N2O2S. The lowest BCUT2D eigenvalue weighted by Gasteiger charge is -2.17. The normalized spacial score (nSPS) is 10.4. The molecule has 0 atom stereocenters. The zero-order chi connectivity index (χ0) is 18.2. The predicted octanol–water partition coefficient (Wildman–Crippen LogP) is 4.57. The first-order chi connectivity index (χ1) is 12.0. The maximum atomic E-state index is 12.1. The van der Waals surface area contributed by atoms with E-state index in [0.29, 0.717) is 27.9 Å². The SMILES string of the molecule is CN(CC(=O)Nc1c(Cl)cccc1Cl)C(=O)CCSc1ccccc1. The Morgan fingerprint density at radius 2 is 1.68 bits per heavy atom. The van der Waals surface area contributed by atoms with Gasteiger partial charge in [-0.25, -0.2) is 0 Å². The molecule has 0 saturated carbocycles. The summed E-state index contributed by atoms with van der Waals surface area (Å²) in [6, 6.07) is 14.8. The molecule has 0 fully saturated rings. The standard InChI is InChI=1S/C18H18Cl2N2O2S/c1-22(17(24)10-11-25-13-6-3-2-4-7-13)12-16(23)21-18-14(19)8-5-9-15(18)20/h2-9H,10-12H2,1H3,(H,21,23). The van der Waals surface area contributed by atoms with Crippen molar-refractivity contribution >= 4 is 52.5 Å². The molecule has 0 aliphatic carbocycles. The van der Waals surface area contributed by atoms with Crippen molar-refractivity contribution in [3.63, 3.8) is 0 Å². The van der Waals surface area contributed by atoms with Crippen molar-refractivity contribution in [2.75, 3.05) is 24.7 Å². The molecule has 2 aromatic carbocycles. The number of carbonyl (C=O) groups excluding carboxylic acids is 2. The van der Waals surface area contributed by atoms with E-state index in [0.717, 1.165) is 4.90 Å². The van der Waals surface area contributed by atoms with Gasteiger partial charge in [-0.15, -0.1) is 11.8 Å². The zero-order valence-corrected chi connectivity index (χ0v) is 16.0. The van der Waals surface area contributed by atoms with Crippen LogP contribution in [0.4, 0.5) is 5.69 Å². The first-order valence-electron chi connectivity index (χ1n) is 7.63. The van der Waals surface area contributed by atoms with Gasteiger partial charge >= 0.3 is 0 Å². The number of benzene rings is 2. The number of nitrogens with one attached hydrogen (secondary N) is 1. The summed E-state index contributed by atoms with van der Waals surface area (Å²) in [4.78, 5) is 26.7. The molecule has 0 heterocycles. The van der Waals surface area contributed by atoms with Crippen molar-refractivity contribution < 1.29 is 9.59 Å². The summed E-state index contributed by atoms with van der Waals surface area (Å²) in [6.07, 6.45) is 0.357. The summed E-state index contributed by atoms with van der Waals surface area (Å²) in [7, 11) is 1.60. The van der Waals surface area contributed by atoms with Crippen LogP contribution in [0.15, 0.2) is 53.4 Å². The topological polar surface area (TPSA) is 49.4 Å². The van der Waals surface area contributed by atoms with E-state index in [9.17, 15) is 9.59 Å². The highest BCUT2D eigenvalue weighted by molar-refractivity contribution is 7.99. The fourth-order valence-corrected chi connectivity index (χ4v) is 3.42. The van der Waals surface area contributed by atoms with E-state index in [4.69, 9.17) is 23.2 Å². The van der Waals surface area contributed by atoms with Crippen LogP contribution in [0.2, 0.25) is 10.0 Å². The van der Waals surface area contributed by atoms with Crippen LogP contribution in [-0.2, 0) is 9.59 Å². The Morgan fingerprint density at radius 3 is 2.32 bits per heavy atom. The smallest absolute Gasteiger partial charge is 0.244 e. The Hall–Kier alpha value is -1.69. The summed E-state index contributed by atoms with van der Waals surface area (Å²) in [6.45, 7) is -0.0591. The van der Waals surface area contributed by atoms with Crippen LogP contribution >= 0.6 is 35.0 Å². The van der Waals surface area contributed by atoms with Crippen LogP contribution in [-0.4, -0.2) is 36.1 Å². The van der Waals surface area contributed by atoms with Gasteiger partial charge in [0.05, 0.1) is 22.3 Å². The van der Waals surface area contributed by atoms with Gasteiger partial charge in [0, 0.05) is 24.1 Å². The molecule has 0 saturated heterocycles. The lowest BCUT2D eigenvalue weighted by atomic mass is 10.3. The second-order valence-electron chi connectivity index (χ2n) is 5.31. The Kier molecular flexibility index (Phi) is 7.62. The van der Waals surface area contributed by atoms with E-state index >= 15 is 0 Å². The molecule has 1 N–H and O–H groups in total. The number of nitrogens with zero attached hydrogens (tertiary/aromatic N) is 1. The van der Waals surface area contributed by atoms with Crippen molar-refractivity contribution in [3.05, 3.63) is 58.6 Å². The summed E-state index contributed by atoms with van der Waals surface area (Å²) in [5.41, 5.74) is 0.358. The number of carbonyl (C=O) groups is 2. The minimum absolute atomic E-state index is 0.0591. The van der Waals surface area contributed by atoms with Crippen LogP contribution in [0.1, 0.15) is 6.42 Å². The summed E-state index contributed by atoms with van der Waals surface area (Å²) in [5, 5.41) is 3.36. The largest absolute Gasteiger partial charge is 0.336 e. The van der Waals surface area contributed by atoms with Crippen molar-refractivity contribution in [1.29, 1.82) is 0 Å². The lowest BCUT2D eigenvalue weighted by molar-refractivity contribution is -0.132. The number of anilines is 1. The second-order valence-corrected chi connectivity index (χ2v) is 7.29. The third-order valence-corrected chi connectivity index (χ3v) is 5.01. The molecule has 2 rings (SSSR count). The van der Waals surface area contributed by atoms with Gasteiger partial charge in [-0.1, -0.05) is 47.5 Å². The van der Waals surface area contributed by atoms with Gasteiger partial charge in [0.15, 0.2) is 0 Å². The highest BCUT2D eigenvalue weighted by atomic mass is 35.5. The van der Waals surface area contributed by atoms with Crippen LogP contribution in [0.5, 0.6) is 0 Å². The molecule has 0 aliphatic heterocycles. The molecule has 0 unspecified atom stereocenters. The van der Waals surface area contributed by atoms with E-state index in [1.54, 1.807) is 37.0 Å². The molecule has 4 nitrogen and oxygen atoms in total. The number of amides is 2. The number of para-hydroxylation sites is 1. The maximum absolute atomic E-state index is 12.1. The zero-order valence-electron chi connectivity index (χ0n) is 13.7. The quantitative estimate of drug-likeness (QED) is 0.697. The van der Waals surface area contributed by atoms with Crippen LogP contribution in [0, 0.1) is 0 Å². The fourth-order valence-electron chi connectivity index (χ4n) is 2.06. The van der Waals surface area contributed by atoms with Gasteiger partial charge in [-0.2, -0.15) is 0 Å². The monoisotopic (exact) mass is 396 g/mol. The average molecular weight is 397 g/mol. The van der Waals surface area contributed by atoms with Gasteiger partial charge < -0.3 is 10.2 Å². The van der Waals surface area contributed by atoms with Crippen LogP contribution in [0.25, 0.3) is 0 Å². The number of hydrogen-bond acceptors (Lipinski definition) is 3. The Bertz CT molecular complexity index is 721. The highest BCUT2D eigenvalue weighted by Gasteiger charge is 2.15. The number of likely N-dealkylation sites (N-methyl/N-ethyl adjacent to an activating group) is 1. The lowest BCUT2D eigenvalue weighted by Crippen LogP contribution is -2.35. The van der Waals surface area contributed by atoms with Crippen LogP contribution in [0.3, 0.4) is 0 Å². The maximum Gasteiger partial charge on any atom is 0.244 e. The first kappa shape index (κ1) is 19.6. The molecule has 0 spiro atoms. The van der Waals surface area contributed by atoms with Gasteiger partial charge in [-0.05, 0) is 24.3 Å². The molecule has 0 aromatic heterocycles. The number of rotatable bonds is 7. The molecule has 132 valence electrons. The minimum atomic E-state index is -0.346.